The van der Waals surface area contributed by atoms with Gasteiger partial charge in [-0.25, -0.2) is 0 Å². The number of benzene rings is 1. The average Bonchev–Trinajstić information content (AvgIpc) is 2.93. The third-order valence-corrected chi connectivity index (χ3v) is 3.31. The van der Waals surface area contributed by atoms with Gasteiger partial charge in [0.05, 0.1) is 18.8 Å². The van der Waals surface area contributed by atoms with Crippen LogP contribution in [0.1, 0.15) is 26.2 Å². The first kappa shape index (κ1) is 13.4. The summed E-state index contributed by atoms with van der Waals surface area (Å²) in [5.74, 6) is 0. The summed E-state index contributed by atoms with van der Waals surface area (Å²) in [6.45, 7) is 7.47. The van der Waals surface area contributed by atoms with Crippen molar-refractivity contribution in [1.29, 1.82) is 0 Å². The quantitative estimate of drug-likeness (QED) is 0.690. The molecule has 1 fully saturated rings. The van der Waals surface area contributed by atoms with Gasteiger partial charge in [0.15, 0.2) is 0 Å². The van der Waals surface area contributed by atoms with E-state index in [-0.39, 0.29) is 0 Å². The maximum atomic E-state index is 5.84. The van der Waals surface area contributed by atoms with Gasteiger partial charge in [-0.05, 0) is 44.5 Å². The topological polar surface area (TPSA) is 15.7 Å². The van der Waals surface area contributed by atoms with E-state index < -0.39 is 0 Å². The molecule has 1 aliphatic rings. The lowest BCUT2D eigenvalue weighted by molar-refractivity contribution is 0.103. The van der Waals surface area contributed by atoms with Crippen LogP contribution in [0.25, 0.3) is 0 Å². The van der Waals surface area contributed by atoms with Crippen LogP contribution in [-0.4, -0.2) is 37.7 Å². The second-order valence-corrected chi connectivity index (χ2v) is 4.82. The van der Waals surface area contributed by atoms with Crippen LogP contribution in [0.2, 0.25) is 0 Å². The number of rotatable bonds is 7. The third-order valence-electron chi connectivity index (χ3n) is 3.31. The normalized spacial score (nSPS) is 16.1. The van der Waals surface area contributed by atoms with E-state index in [2.05, 4.69) is 36.1 Å². The molecule has 0 bridgehead atoms. The van der Waals surface area contributed by atoms with Gasteiger partial charge in [-0.2, -0.15) is 0 Å². The Labute approximate surface area is 110 Å². The predicted octanol–water partition coefficient (Wildman–Crippen LogP) is 2.93. The molecular formula is C15H24N2O. The van der Waals surface area contributed by atoms with Crippen molar-refractivity contribution in [2.75, 3.05) is 37.8 Å². The summed E-state index contributed by atoms with van der Waals surface area (Å²) in [4.78, 5) is 8.36. The smallest absolute Gasteiger partial charge is 0.0746 e. The lowest BCUT2D eigenvalue weighted by atomic mass is 10.3. The first-order valence-corrected chi connectivity index (χ1v) is 7.08. The number of para-hydroxylation sites is 1. The van der Waals surface area contributed by atoms with Crippen LogP contribution in [0.3, 0.4) is 0 Å². The number of hydroxylamine groups is 1. The summed E-state index contributed by atoms with van der Waals surface area (Å²) in [5, 5.41) is 2.04. The minimum atomic E-state index is 0.787. The van der Waals surface area contributed by atoms with Crippen LogP contribution in [0.15, 0.2) is 30.3 Å². The van der Waals surface area contributed by atoms with Crippen molar-refractivity contribution in [2.45, 2.75) is 26.2 Å². The molecule has 0 N–H and O–H groups in total. The monoisotopic (exact) mass is 248 g/mol. The summed E-state index contributed by atoms with van der Waals surface area (Å²) in [7, 11) is 0. The van der Waals surface area contributed by atoms with Gasteiger partial charge >= 0.3 is 0 Å². The van der Waals surface area contributed by atoms with Crippen LogP contribution in [-0.2, 0) is 4.84 Å². The van der Waals surface area contributed by atoms with E-state index in [4.69, 9.17) is 4.84 Å². The van der Waals surface area contributed by atoms with E-state index in [1.54, 1.807) is 0 Å². The summed E-state index contributed by atoms with van der Waals surface area (Å²) in [5.41, 5.74) is 1.16. The molecule has 1 heterocycles. The Kier molecular flexibility index (Phi) is 5.49. The fraction of sp³-hybridized carbons (Fsp3) is 0.600. The minimum Gasteiger partial charge on any atom is -0.301 e. The maximum absolute atomic E-state index is 5.84. The Balaban J connectivity index is 1.87. The second kappa shape index (κ2) is 7.39. The van der Waals surface area contributed by atoms with E-state index in [9.17, 15) is 0 Å². The van der Waals surface area contributed by atoms with E-state index in [0.29, 0.717) is 0 Å². The van der Waals surface area contributed by atoms with Crippen LogP contribution < -0.4 is 5.06 Å². The van der Waals surface area contributed by atoms with Crippen LogP contribution in [0, 0.1) is 0 Å². The van der Waals surface area contributed by atoms with Crippen molar-refractivity contribution in [2.24, 2.45) is 0 Å². The van der Waals surface area contributed by atoms with E-state index >= 15 is 0 Å². The summed E-state index contributed by atoms with van der Waals surface area (Å²) < 4.78 is 0. The van der Waals surface area contributed by atoms with Crippen molar-refractivity contribution >= 4 is 5.69 Å². The molecule has 0 aliphatic carbocycles. The average molecular weight is 248 g/mol. The molecule has 1 aromatic carbocycles. The molecule has 100 valence electrons. The molecule has 0 unspecified atom stereocenters. The van der Waals surface area contributed by atoms with Crippen molar-refractivity contribution in [3.63, 3.8) is 0 Å². The zero-order valence-electron chi connectivity index (χ0n) is 11.3. The van der Waals surface area contributed by atoms with Crippen LogP contribution in [0.5, 0.6) is 0 Å². The highest BCUT2D eigenvalue weighted by Crippen LogP contribution is 2.15. The molecule has 0 radical (unpaired) electrons. The van der Waals surface area contributed by atoms with Crippen molar-refractivity contribution < 1.29 is 4.84 Å². The molecule has 0 spiro atoms. The molecule has 0 aromatic heterocycles. The molecule has 3 heteroatoms. The Morgan fingerprint density at radius 3 is 2.56 bits per heavy atom. The zero-order valence-corrected chi connectivity index (χ0v) is 11.3. The lowest BCUT2D eigenvalue weighted by Gasteiger charge is -2.26. The summed E-state index contributed by atoms with van der Waals surface area (Å²) >= 11 is 0. The number of anilines is 1. The lowest BCUT2D eigenvalue weighted by Crippen LogP contribution is -2.34. The maximum Gasteiger partial charge on any atom is 0.0746 e. The molecule has 18 heavy (non-hydrogen) atoms. The van der Waals surface area contributed by atoms with E-state index in [1.165, 1.54) is 25.9 Å². The molecule has 3 nitrogen and oxygen atoms in total. The van der Waals surface area contributed by atoms with Crippen molar-refractivity contribution in [3.05, 3.63) is 30.3 Å². The second-order valence-electron chi connectivity index (χ2n) is 4.82. The van der Waals surface area contributed by atoms with Gasteiger partial charge in [-0.15, -0.1) is 0 Å². The highest BCUT2D eigenvalue weighted by Gasteiger charge is 2.13. The van der Waals surface area contributed by atoms with Crippen molar-refractivity contribution in [3.8, 4) is 0 Å². The Morgan fingerprint density at radius 2 is 1.89 bits per heavy atom. The van der Waals surface area contributed by atoms with E-state index in [0.717, 1.165) is 31.8 Å². The number of likely N-dealkylation sites (tertiary alicyclic amines) is 1. The molecule has 0 atom stereocenters. The highest BCUT2D eigenvalue weighted by atomic mass is 16.7. The van der Waals surface area contributed by atoms with Gasteiger partial charge < -0.3 is 4.90 Å². The number of hydrogen-bond donors (Lipinski definition) is 0. The zero-order chi connectivity index (χ0) is 12.6. The van der Waals surface area contributed by atoms with Gasteiger partial charge in [-0.1, -0.05) is 25.1 Å². The predicted molar refractivity (Wildman–Crippen MR) is 75.7 cm³/mol. The molecule has 1 aliphatic heterocycles. The fourth-order valence-electron chi connectivity index (χ4n) is 2.30. The van der Waals surface area contributed by atoms with Gasteiger partial charge in [-0.3, -0.25) is 9.90 Å². The Hall–Kier alpha value is -1.06. The largest absolute Gasteiger partial charge is 0.301 e. The van der Waals surface area contributed by atoms with Gasteiger partial charge in [0.25, 0.3) is 0 Å². The summed E-state index contributed by atoms with van der Waals surface area (Å²) in [6, 6.07) is 10.4. The fourth-order valence-corrected chi connectivity index (χ4v) is 2.30. The standard InChI is InChI=1S/C15H24N2O/c1-2-14-18-17(15-8-4-3-5-9-15)13-12-16-10-6-7-11-16/h3-5,8-9H,2,6-7,10-14H2,1H3. The first-order chi connectivity index (χ1) is 8.90. The third kappa shape index (κ3) is 4.00. The SMILES string of the molecule is CCCON(CCN1CCCC1)c1ccccc1. The van der Waals surface area contributed by atoms with Crippen LogP contribution in [0.4, 0.5) is 5.69 Å². The van der Waals surface area contributed by atoms with Gasteiger partial charge in [0.2, 0.25) is 0 Å². The van der Waals surface area contributed by atoms with Gasteiger partial charge in [0, 0.05) is 6.54 Å². The number of hydrogen-bond acceptors (Lipinski definition) is 3. The molecular weight excluding hydrogens is 224 g/mol. The minimum absolute atomic E-state index is 0.787. The molecule has 0 saturated carbocycles. The number of nitrogens with zero attached hydrogens (tertiary/aromatic N) is 2. The molecule has 1 aromatic rings. The highest BCUT2D eigenvalue weighted by molar-refractivity contribution is 5.43. The Bertz CT molecular complexity index is 323. The summed E-state index contributed by atoms with van der Waals surface area (Å²) in [6.07, 6.45) is 3.75. The first-order valence-electron chi connectivity index (χ1n) is 7.08. The van der Waals surface area contributed by atoms with Crippen molar-refractivity contribution in [1.82, 2.24) is 4.90 Å². The van der Waals surface area contributed by atoms with Crippen LogP contribution >= 0.6 is 0 Å². The van der Waals surface area contributed by atoms with E-state index in [1.807, 2.05) is 11.1 Å². The van der Waals surface area contributed by atoms with Gasteiger partial charge in [0.1, 0.15) is 0 Å². The Morgan fingerprint density at radius 1 is 1.17 bits per heavy atom. The molecule has 0 amide bonds. The molecule has 2 rings (SSSR count). The molecule has 1 saturated heterocycles.